The molecule has 6 nitrogen and oxygen atoms in total. The highest BCUT2D eigenvalue weighted by Crippen LogP contribution is 2.29. The van der Waals surface area contributed by atoms with E-state index in [1.54, 1.807) is 56.6 Å². The molecular weight excluding hydrogens is 398 g/mol. The molecule has 0 aliphatic rings. The quantitative estimate of drug-likeness (QED) is 0.443. The molecular formula is C23H19N3O3S. The molecule has 0 spiro atoms. The second-order valence-corrected chi connectivity index (χ2v) is 7.88. The van der Waals surface area contributed by atoms with Crippen molar-refractivity contribution in [1.29, 1.82) is 0 Å². The van der Waals surface area contributed by atoms with Gasteiger partial charge in [0.15, 0.2) is 5.76 Å². The summed E-state index contributed by atoms with van der Waals surface area (Å²) in [7, 11) is 3.42. The Morgan fingerprint density at radius 2 is 1.70 bits per heavy atom. The van der Waals surface area contributed by atoms with E-state index >= 15 is 0 Å². The number of anilines is 1. The van der Waals surface area contributed by atoms with Crippen LogP contribution in [0.4, 0.5) is 10.5 Å². The van der Waals surface area contributed by atoms with Crippen molar-refractivity contribution in [3.05, 3.63) is 78.4 Å². The topological polar surface area (TPSA) is 75.4 Å². The lowest BCUT2D eigenvalue weighted by molar-refractivity contribution is 0.102. The lowest BCUT2D eigenvalue weighted by Crippen LogP contribution is -2.16. The zero-order chi connectivity index (χ0) is 21.1. The number of rotatable bonds is 4. The molecule has 0 atom stereocenters. The second kappa shape index (κ2) is 8.42. The molecule has 0 bridgehead atoms. The Balaban J connectivity index is 1.53. The van der Waals surface area contributed by atoms with Crippen molar-refractivity contribution < 1.29 is 14.1 Å². The van der Waals surface area contributed by atoms with E-state index in [4.69, 9.17) is 4.52 Å². The number of nitrogens with zero attached hydrogens (tertiary/aromatic N) is 2. The van der Waals surface area contributed by atoms with E-state index in [0.29, 0.717) is 22.5 Å². The summed E-state index contributed by atoms with van der Waals surface area (Å²) in [6, 6.07) is 22.1. The van der Waals surface area contributed by atoms with Gasteiger partial charge in [0.2, 0.25) is 0 Å². The fourth-order valence-electron chi connectivity index (χ4n) is 2.88. The van der Waals surface area contributed by atoms with Gasteiger partial charge in [-0.05, 0) is 54.2 Å². The van der Waals surface area contributed by atoms with Crippen LogP contribution in [-0.4, -0.2) is 35.3 Å². The normalized spacial score (nSPS) is 10.7. The van der Waals surface area contributed by atoms with Gasteiger partial charge in [-0.3, -0.25) is 9.59 Å². The predicted molar refractivity (Wildman–Crippen MR) is 119 cm³/mol. The van der Waals surface area contributed by atoms with Gasteiger partial charge in [-0.25, -0.2) is 0 Å². The molecule has 30 heavy (non-hydrogen) atoms. The smallest absolute Gasteiger partial charge is 0.285 e. The second-order valence-electron chi connectivity index (χ2n) is 6.85. The van der Waals surface area contributed by atoms with Gasteiger partial charge < -0.3 is 14.7 Å². The molecule has 150 valence electrons. The van der Waals surface area contributed by atoms with E-state index in [9.17, 15) is 9.59 Å². The summed E-state index contributed by atoms with van der Waals surface area (Å²) in [5.41, 5.74) is 2.75. The van der Waals surface area contributed by atoms with Gasteiger partial charge in [-0.2, -0.15) is 0 Å². The summed E-state index contributed by atoms with van der Waals surface area (Å²) in [4.78, 5) is 26.9. The van der Waals surface area contributed by atoms with E-state index in [2.05, 4.69) is 10.5 Å². The predicted octanol–water partition coefficient (Wildman–Crippen LogP) is 5.52. The van der Waals surface area contributed by atoms with Crippen LogP contribution in [0.15, 0.2) is 82.2 Å². The summed E-state index contributed by atoms with van der Waals surface area (Å²) < 4.78 is 5.50. The van der Waals surface area contributed by atoms with Gasteiger partial charge >= 0.3 is 0 Å². The molecule has 1 N–H and O–H groups in total. The van der Waals surface area contributed by atoms with Crippen LogP contribution in [-0.2, 0) is 0 Å². The standard InChI is InChI=1S/C23H19N3O3S/c1-26(2)23(28)30-18-11-9-17(10-12-18)24-22(27)16-8-13-20-19(14-16)21(29-25-20)15-6-4-3-5-7-15/h3-14H,1-2H3,(H,24,27). The molecule has 1 aromatic heterocycles. The molecule has 1 heterocycles. The highest BCUT2D eigenvalue weighted by atomic mass is 32.2. The lowest BCUT2D eigenvalue weighted by Gasteiger charge is -2.10. The summed E-state index contributed by atoms with van der Waals surface area (Å²) >= 11 is 1.13. The Hall–Kier alpha value is -3.58. The number of hydrogen-bond acceptors (Lipinski definition) is 5. The summed E-state index contributed by atoms with van der Waals surface area (Å²) in [5, 5.41) is 7.70. The van der Waals surface area contributed by atoms with Crippen LogP contribution in [0, 0.1) is 0 Å². The Kier molecular flexibility index (Phi) is 5.54. The number of amides is 2. The molecule has 7 heteroatoms. The summed E-state index contributed by atoms with van der Waals surface area (Å²) in [6.45, 7) is 0. The third kappa shape index (κ3) is 4.21. The summed E-state index contributed by atoms with van der Waals surface area (Å²) in [6.07, 6.45) is 0. The van der Waals surface area contributed by atoms with Crippen LogP contribution in [0.1, 0.15) is 10.4 Å². The van der Waals surface area contributed by atoms with Crippen molar-refractivity contribution in [1.82, 2.24) is 10.1 Å². The average Bonchev–Trinajstić information content (AvgIpc) is 3.19. The van der Waals surface area contributed by atoms with Gasteiger partial charge in [-0.1, -0.05) is 35.5 Å². The first-order chi connectivity index (χ1) is 14.5. The molecule has 0 unspecified atom stereocenters. The minimum Gasteiger partial charge on any atom is -0.355 e. The third-order valence-electron chi connectivity index (χ3n) is 4.46. The summed E-state index contributed by atoms with van der Waals surface area (Å²) in [5.74, 6) is 0.397. The molecule has 4 rings (SSSR count). The third-order valence-corrected chi connectivity index (χ3v) is 5.50. The molecule has 0 saturated carbocycles. The van der Waals surface area contributed by atoms with Gasteiger partial charge in [-0.15, -0.1) is 0 Å². The van der Waals surface area contributed by atoms with E-state index in [-0.39, 0.29) is 11.1 Å². The number of carbonyl (C=O) groups is 2. The lowest BCUT2D eigenvalue weighted by atomic mass is 10.1. The molecule has 2 amide bonds. The van der Waals surface area contributed by atoms with Gasteiger partial charge in [0, 0.05) is 35.8 Å². The zero-order valence-electron chi connectivity index (χ0n) is 16.5. The SMILES string of the molecule is CN(C)C(=O)Sc1ccc(NC(=O)c2ccc3noc(-c4ccccc4)c3c2)cc1. The Labute approximate surface area is 177 Å². The molecule has 0 aliphatic heterocycles. The fraction of sp³-hybridized carbons (Fsp3) is 0.0870. The molecule has 4 aromatic rings. The molecule has 0 saturated heterocycles. The van der Waals surface area contributed by atoms with Gasteiger partial charge in [0.05, 0.1) is 5.39 Å². The van der Waals surface area contributed by atoms with Crippen LogP contribution in [0.5, 0.6) is 0 Å². The first-order valence-electron chi connectivity index (χ1n) is 9.26. The molecule has 0 fully saturated rings. The molecule has 0 radical (unpaired) electrons. The average molecular weight is 417 g/mol. The van der Waals surface area contributed by atoms with Crippen molar-refractivity contribution >= 4 is 39.5 Å². The molecule has 3 aromatic carbocycles. The monoisotopic (exact) mass is 417 g/mol. The number of carbonyl (C=O) groups excluding carboxylic acids is 2. The van der Waals surface area contributed by atoms with Crippen molar-refractivity contribution in [2.75, 3.05) is 19.4 Å². The van der Waals surface area contributed by atoms with E-state index < -0.39 is 0 Å². The largest absolute Gasteiger partial charge is 0.355 e. The minimum absolute atomic E-state index is 0.0528. The van der Waals surface area contributed by atoms with Crippen molar-refractivity contribution in [2.45, 2.75) is 4.90 Å². The first kappa shape index (κ1) is 19.7. The number of nitrogens with one attached hydrogen (secondary N) is 1. The maximum atomic E-state index is 12.8. The number of benzene rings is 3. The number of hydrogen-bond donors (Lipinski definition) is 1. The van der Waals surface area contributed by atoms with Crippen molar-refractivity contribution in [3.8, 4) is 11.3 Å². The zero-order valence-corrected chi connectivity index (χ0v) is 17.3. The van der Waals surface area contributed by atoms with Crippen LogP contribution in [0.25, 0.3) is 22.2 Å². The first-order valence-corrected chi connectivity index (χ1v) is 10.1. The van der Waals surface area contributed by atoms with Gasteiger partial charge in [0.1, 0.15) is 5.52 Å². The maximum Gasteiger partial charge on any atom is 0.285 e. The minimum atomic E-state index is -0.234. The maximum absolute atomic E-state index is 12.8. The number of aromatic nitrogens is 1. The van der Waals surface area contributed by atoms with Crippen molar-refractivity contribution in [2.24, 2.45) is 0 Å². The Bertz CT molecular complexity index is 1200. The van der Waals surface area contributed by atoms with Crippen molar-refractivity contribution in [3.63, 3.8) is 0 Å². The van der Waals surface area contributed by atoms with Gasteiger partial charge in [0.25, 0.3) is 11.1 Å². The Morgan fingerprint density at radius 1 is 0.967 bits per heavy atom. The Morgan fingerprint density at radius 3 is 2.40 bits per heavy atom. The van der Waals surface area contributed by atoms with E-state index in [1.807, 2.05) is 30.3 Å². The number of fused-ring (bicyclic) bond motifs is 1. The van der Waals surface area contributed by atoms with Crippen LogP contribution < -0.4 is 5.32 Å². The van der Waals surface area contributed by atoms with E-state index in [1.165, 1.54) is 4.90 Å². The van der Waals surface area contributed by atoms with Crippen LogP contribution in [0.3, 0.4) is 0 Å². The molecule has 0 aliphatic carbocycles. The highest BCUT2D eigenvalue weighted by Gasteiger charge is 2.14. The highest BCUT2D eigenvalue weighted by molar-refractivity contribution is 8.13. The number of thioether (sulfide) groups is 1. The van der Waals surface area contributed by atoms with Crippen LogP contribution in [0.2, 0.25) is 0 Å². The van der Waals surface area contributed by atoms with E-state index in [0.717, 1.165) is 27.6 Å². The fourth-order valence-corrected chi connectivity index (χ4v) is 3.54. The van der Waals surface area contributed by atoms with Crippen LogP contribution >= 0.6 is 11.8 Å².